The monoisotopic (exact) mass is 487 g/mol. The molecule has 2 aromatic carbocycles. The molecule has 2 unspecified atom stereocenters. The van der Waals surface area contributed by atoms with Crippen molar-refractivity contribution in [2.24, 2.45) is 0 Å². The fourth-order valence-corrected chi connectivity index (χ4v) is 3.58. The molecule has 0 bridgehead atoms. The molecular formula is C27H29N5O4. The zero-order valence-corrected chi connectivity index (χ0v) is 19.8. The number of anilines is 1. The molecule has 0 amide bonds. The van der Waals surface area contributed by atoms with Crippen molar-refractivity contribution in [2.45, 2.75) is 18.5 Å². The number of rotatable bonds is 13. The third-order valence-corrected chi connectivity index (χ3v) is 5.39. The normalized spacial score (nSPS) is 15.4. The molecule has 0 fully saturated rings. The Bertz CT molecular complexity index is 1200. The number of benzene rings is 2. The number of ether oxygens (including phenoxy) is 1. The number of Topliss-reactive ketones (excluding diaryl/α,β-unsaturated/α-hetero) is 1. The molecule has 2 atom stereocenters. The van der Waals surface area contributed by atoms with E-state index < -0.39 is 24.3 Å². The van der Waals surface area contributed by atoms with E-state index in [0.717, 1.165) is 0 Å². The Hall–Kier alpha value is -4.66. The van der Waals surface area contributed by atoms with Gasteiger partial charge in [0, 0.05) is 41.7 Å². The van der Waals surface area contributed by atoms with E-state index in [0.29, 0.717) is 17.0 Å². The van der Waals surface area contributed by atoms with Gasteiger partial charge in [-0.2, -0.15) is 0 Å². The fourth-order valence-electron chi connectivity index (χ4n) is 3.58. The van der Waals surface area contributed by atoms with Crippen LogP contribution in [0.2, 0.25) is 0 Å². The number of dihydropyridines is 1. The molecule has 0 saturated carbocycles. The average Bonchev–Trinajstić information content (AvgIpc) is 2.90. The van der Waals surface area contributed by atoms with Crippen molar-refractivity contribution >= 4 is 28.9 Å². The van der Waals surface area contributed by atoms with Crippen LogP contribution in [0.4, 0.5) is 5.69 Å². The van der Waals surface area contributed by atoms with E-state index in [2.05, 4.69) is 16.0 Å². The molecule has 1 heterocycles. The summed E-state index contributed by atoms with van der Waals surface area (Å²) in [4.78, 5) is 24.9. The third-order valence-electron chi connectivity index (χ3n) is 5.39. The smallest absolute Gasteiger partial charge is 0.322 e. The van der Waals surface area contributed by atoms with E-state index >= 15 is 0 Å². The first-order valence-electron chi connectivity index (χ1n) is 11.3. The molecule has 0 radical (unpaired) electrons. The summed E-state index contributed by atoms with van der Waals surface area (Å²) in [6, 6.07) is 14.4. The predicted octanol–water partition coefficient (Wildman–Crippen LogP) is 3.12. The van der Waals surface area contributed by atoms with Crippen molar-refractivity contribution in [3.8, 4) is 5.75 Å². The number of nitrogens with one attached hydrogen (secondary N) is 5. The van der Waals surface area contributed by atoms with E-state index in [1.54, 1.807) is 60.8 Å². The summed E-state index contributed by atoms with van der Waals surface area (Å²) in [6.07, 6.45) is 8.86. The van der Waals surface area contributed by atoms with Gasteiger partial charge in [-0.15, -0.1) is 0 Å². The van der Waals surface area contributed by atoms with Gasteiger partial charge in [-0.3, -0.25) is 15.0 Å². The minimum absolute atomic E-state index is 0.0420. The Labute approximate surface area is 209 Å². The van der Waals surface area contributed by atoms with Crippen molar-refractivity contribution in [1.82, 2.24) is 10.6 Å². The van der Waals surface area contributed by atoms with Gasteiger partial charge in [-0.1, -0.05) is 48.6 Å². The summed E-state index contributed by atoms with van der Waals surface area (Å²) in [5, 5.41) is 35.4. The Kier molecular flexibility index (Phi) is 9.16. The van der Waals surface area contributed by atoms with Gasteiger partial charge in [0.1, 0.15) is 18.3 Å². The quantitative estimate of drug-likeness (QED) is 0.188. The SMILES string of the molecule is COc1cccc(NC(C(=N)CC2C=CC=CN2)C(=O)/C(=C/NCC(=O)O)C(=N)c2ccccc2)c1. The number of ketones is 1. The molecule has 1 aliphatic heterocycles. The minimum atomic E-state index is -1.11. The fraction of sp³-hybridized carbons (Fsp3) is 0.185. The average molecular weight is 488 g/mol. The lowest BCUT2D eigenvalue weighted by Gasteiger charge is -2.24. The van der Waals surface area contributed by atoms with Crippen LogP contribution in [0.15, 0.2) is 90.8 Å². The maximum atomic E-state index is 13.9. The zero-order chi connectivity index (χ0) is 25.9. The Morgan fingerprint density at radius 3 is 2.58 bits per heavy atom. The number of hydrogen-bond acceptors (Lipinski definition) is 8. The Morgan fingerprint density at radius 2 is 1.92 bits per heavy atom. The first kappa shape index (κ1) is 26.0. The maximum absolute atomic E-state index is 13.9. The van der Waals surface area contributed by atoms with Gasteiger partial charge >= 0.3 is 5.97 Å². The highest BCUT2D eigenvalue weighted by molar-refractivity contribution is 6.33. The second-order valence-corrected chi connectivity index (χ2v) is 7.99. The summed E-state index contributed by atoms with van der Waals surface area (Å²) >= 11 is 0. The van der Waals surface area contributed by atoms with Crippen LogP contribution in [0.3, 0.4) is 0 Å². The van der Waals surface area contributed by atoms with Gasteiger partial charge in [-0.05, 0) is 24.4 Å². The van der Waals surface area contributed by atoms with Crippen LogP contribution in [0.25, 0.3) is 0 Å². The number of carboxylic acids is 1. The molecule has 3 rings (SSSR count). The molecule has 0 spiro atoms. The summed E-state index contributed by atoms with van der Waals surface area (Å²) in [5.74, 6) is -1.06. The molecule has 2 aromatic rings. The van der Waals surface area contributed by atoms with E-state index in [1.807, 2.05) is 18.2 Å². The lowest BCUT2D eigenvalue weighted by molar-refractivity contribution is -0.135. The Balaban J connectivity index is 1.96. The van der Waals surface area contributed by atoms with Crippen molar-refractivity contribution < 1.29 is 19.4 Å². The first-order chi connectivity index (χ1) is 17.4. The second-order valence-electron chi connectivity index (χ2n) is 7.99. The predicted molar refractivity (Wildman–Crippen MR) is 140 cm³/mol. The molecule has 0 aromatic heterocycles. The summed E-state index contributed by atoms with van der Waals surface area (Å²) < 4.78 is 5.28. The van der Waals surface area contributed by atoms with Crippen LogP contribution >= 0.6 is 0 Å². The van der Waals surface area contributed by atoms with Gasteiger partial charge in [0.15, 0.2) is 5.78 Å². The standard InChI is InChI=1S/C27H29N5O4/c1-36-21-12-7-11-20(14-21)32-26(23(28)15-19-10-5-6-13-31-19)27(35)22(16-30-17-24(33)34)25(29)18-8-3-2-4-9-18/h2-14,16,19,26,28-32H,15,17H2,1H3,(H,33,34)/b22-16+,28-23?,29-25?. The van der Waals surface area contributed by atoms with Crippen LogP contribution in [-0.4, -0.2) is 54.0 Å². The topological polar surface area (TPSA) is 147 Å². The molecule has 0 aliphatic carbocycles. The van der Waals surface area contributed by atoms with E-state index in [4.69, 9.17) is 20.7 Å². The molecule has 6 N–H and O–H groups in total. The highest BCUT2D eigenvalue weighted by Gasteiger charge is 2.30. The lowest BCUT2D eigenvalue weighted by Crippen LogP contribution is -2.42. The third kappa shape index (κ3) is 7.17. The summed E-state index contributed by atoms with van der Waals surface area (Å²) in [6.45, 7) is -0.423. The molecule has 186 valence electrons. The van der Waals surface area contributed by atoms with Gasteiger partial charge in [0.05, 0.1) is 18.4 Å². The zero-order valence-electron chi connectivity index (χ0n) is 19.8. The van der Waals surface area contributed by atoms with Crippen molar-refractivity contribution in [3.05, 3.63) is 96.4 Å². The van der Waals surface area contributed by atoms with Crippen LogP contribution in [0.1, 0.15) is 12.0 Å². The highest BCUT2D eigenvalue weighted by Crippen LogP contribution is 2.21. The van der Waals surface area contributed by atoms with Crippen LogP contribution in [0, 0.1) is 10.8 Å². The van der Waals surface area contributed by atoms with Crippen molar-refractivity contribution in [3.63, 3.8) is 0 Å². The van der Waals surface area contributed by atoms with Crippen LogP contribution in [-0.2, 0) is 9.59 Å². The molecule has 1 aliphatic rings. The van der Waals surface area contributed by atoms with E-state index in [-0.39, 0.29) is 29.5 Å². The maximum Gasteiger partial charge on any atom is 0.322 e. The number of allylic oxidation sites excluding steroid dienone is 2. The number of aliphatic carboxylic acids is 1. The van der Waals surface area contributed by atoms with E-state index in [9.17, 15) is 9.59 Å². The number of carboxylic acid groups (broad SMARTS) is 1. The molecule has 9 heteroatoms. The number of carbonyl (C=O) groups is 2. The summed E-state index contributed by atoms with van der Waals surface area (Å²) in [5.41, 5.74) is 1.03. The largest absolute Gasteiger partial charge is 0.497 e. The highest BCUT2D eigenvalue weighted by atomic mass is 16.5. The van der Waals surface area contributed by atoms with Gasteiger partial charge < -0.3 is 31.2 Å². The van der Waals surface area contributed by atoms with Crippen molar-refractivity contribution in [1.29, 1.82) is 10.8 Å². The molecule has 9 nitrogen and oxygen atoms in total. The van der Waals surface area contributed by atoms with Gasteiger partial charge in [-0.25, -0.2) is 0 Å². The van der Waals surface area contributed by atoms with Crippen molar-refractivity contribution in [2.75, 3.05) is 19.0 Å². The number of carbonyl (C=O) groups excluding carboxylic acids is 1. The van der Waals surface area contributed by atoms with Gasteiger partial charge in [0.25, 0.3) is 0 Å². The Morgan fingerprint density at radius 1 is 1.14 bits per heavy atom. The second kappa shape index (κ2) is 12.7. The summed E-state index contributed by atoms with van der Waals surface area (Å²) in [7, 11) is 1.54. The molecule has 36 heavy (non-hydrogen) atoms. The lowest BCUT2D eigenvalue weighted by atomic mass is 9.91. The molecular weight excluding hydrogens is 458 g/mol. The van der Waals surface area contributed by atoms with E-state index in [1.165, 1.54) is 13.3 Å². The van der Waals surface area contributed by atoms with Gasteiger partial charge in [0.2, 0.25) is 0 Å². The van der Waals surface area contributed by atoms with Crippen LogP contribution in [0.5, 0.6) is 5.75 Å². The molecule has 0 saturated heterocycles. The number of methoxy groups -OCH3 is 1. The minimum Gasteiger partial charge on any atom is -0.497 e. The first-order valence-corrected chi connectivity index (χ1v) is 11.3. The van der Waals surface area contributed by atoms with Crippen LogP contribution < -0.4 is 20.7 Å². The number of hydrogen-bond donors (Lipinski definition) is 6.